The normalized spacial score (nSPS) is 10.2. The maximum Gasteiger partial charge on any atom is 0.251 e. The first kappa shape index (κ1) is 14.2. The molecular formula is C14H20N2O2. The van der Waals surface area contributed by atoms with Crippen molar-refractivity contribution in [3.8, 4) is 0 Å². The summed E-state index contributed by atoms with van der Waals surface area (Å²) in [5, 5.41) is 5.59. The number of nitrogens with one attached hydrogen (secondary N) is 2. The second-order valence-corrected chi connectivity index (χ2v) is 4.46. The average molecular weight is 248 g/mol. The van der Waals surface area contributed by atoms with Crippen molar-refractivity contribution in [2.24, 2.45) is 0 Å². The van der Waals surface area contributed by atoms with E-state index in [0.717, 1.165) is 6.42 Å². The third-order valence-corrected chi connectivity index (χ3v) is 2.36. The van der Waals surface area contributed by atoms with Gasteiger partial charge in [0.1, 0.15) is 0 Å². The van der Waals surface area contributed by atoms with E-state index in [1.54, 1.807) is 24.3 Å². The maximum atomic E-state index is 11.7. The summed E-state index contributed by atoms with van der Waals surface area (Å²) in [7, 11) is 0. The lowest BCUT2D eigenvalue weighted by molar-refractivity contribution is 0.0935. The lowest BCUT2D eigenvalue weighted by atomic mass is 10.1. The van der Waals surface area contributed by atoms with Gasteiger partial charge < -0.3 is 10.6 Å². The minimum atomic E-state index is -0.120. The van der Waals surface area contributed by atoms with E-state index in [-0.39, 0.29) is 17.9 Å². The molecule has 4 nitrogen and oxygen atoms in total. The Balaban J connectivity index is 2.67. The fourth-order valence-corrected chi connectivity index (χ4v) is 1.46. The number of hydrogen-bond acceptors (Lipinski definition) is 2. The molecule has 4 heteroatoms. The highest BCUT2D eigenvalue weighted by molar-refractivity contribution is 5.97. The zero-order valence-electron chi connectivity index (χ0n) is 11.1. The zero-order chi connectivity index (χ0) is 13.5. The number of benzene rings is 1. The van der Waals surface area contributed by atoms with Crippen molar-refractivity contribution >= 4 is 11.8 Å². The molecule has 1 aromatic carbocycles. The van der Waals surface area contributed by atoms with Gasteiger partial charge in [-0.2, -0.15) is 0 Å². The van der Waals surface area contributed by atoms with Crippen LogP contribution in [0.1, 0.15) is 47.9 Å². The average Bonchev–Trinajstić information content (AvgIpc) is 2.35. The summed E-state index contributed by atoms with van der Waals surface area (Å²) in [5.41, 5.74) is 1.14. The molecule has 0 saturated heterocycles. The van der Waals surface area contributed by atoms with Crippen molar-refractivity contribution < 1.29 is 9.59 Å². The first-order valence-corrected chi connectivity index (χ1v) is 6.23. The van der Waals surface area contributed by atoms with Gasteiger partial charge in [0.2, 0.25) is 0 Å². The molecule has 1 aromatic rings. The van der Waals surface area contributed by atoms with Crippen LogP contribution >= 0.6 is 0 Å². The van der Waals surface area contributed by atoms with Crippen LogP contribution in [0.15, 0.2) is 24.3 Å². The zero-order valence-corrected chi connectivity index (χ0v) is 11.1. The SMILES string of the molecule is CCCNC(=O)c1ccc(C(=O)NC(C)C)cc1. The fourth-order valence-electron chi connectivity index (χ4n) is 1.46. The van der Waals surface area contributed by atoms with Gasteiger partial charge in [0, 0.05) is 23.7 Å². The standard InChI is InChI=1S/C14H20N2O2/c1-4-9-15-13(17)11-5-7-12(8-6-11)14(18)16-10(2)3/h5-8,10H,4,9H2,1-3H3,(H,15,17)(H,16,18). The molecule has 0 aromatic heterocycles. The van der Waals surface area contributed by atoms with Gasteiger partial charge in [0.15, 0.2) is 0 Å². The van der Waals surface area contributed by atoms with Crippen LogP contribution in [0.25, 0.3) is 0 Å². The number of hydrogen-bond donors (Lipinski definition) is 2. The third-order valence-electron chi connectivity index (χ3n) is 2.36. The predicted molar refractivity (Wildman–Crippen MR) is 71.7 cm³/mol. The highest BCUT2D eigenvalue weighted by atomic mass is 16.2. The Morgan fingerprint density at radius 1 is 1.06 bits per heavy atom. The van der Waals surface area contributed by atoms with Crippen LogP contribution in [0.5, 0.6) is 0 Å². The van der Waals surface area contributed by atoms with Gasteiger partial charge in [0.05, 0.1) is 0 Å². The summed E-state index contributed by atoms with van der Waals surface area (Å²) < 4.78 is 0. The fraction of sp³-hybridized carbons (Fsp3) is 0.429. The summed E-state index contributed by atoms with van der Waals surface area (Å²) in [5.74, 6) is -0.224. The topological polar surface area (TPSA) is 58.2 Å². The Kier molecular flexibility index (Phi) is 5.36. The quantitative estimate of drug-likeness (QED) is 0.837. The summed E-state index contributed by atoms with van der Waals surface area (Å²) in [6.45, 7) is 6.48. The molecule has 0 unspecified atom stereocenters. The minimum Gasteiger partial charge on any atom is -0.352 e. The summed E-state index contributed by atoms with van der Waals surface area (Å²) >= 11 is 0. The molecule has 0 heterocycles. The van der Waals surface area contributed by atoms with Gasteiger partial charge in [0.25, 0.3) is 11.8 Å². The lowest BCUT2D eigenvalue weighted by Gasteiger charge is -2.09. The molecule has 1 rings (SSSR count). The number of carbonyl (C=O) groups is 2. The van der Waals surface area contributed by atoms with E-state index in [1.165, 1.54) is 0 Å². The van der Waals surface area contributed by atoms with Crippen LogP contribution in [-0.4, -0.2) is 24.4 Å². The molecule has 0 atom stereocenters. The molecule has 0 saturated carbocycles. The van der Waals surface area contributed by atoms with Gasteiger partial charge in [-0.05, 0) is 44.5 Å². The predicted octanol–water partition coefficient (Wildman–Crippen LogP) is 1.96. The molecule has 98 valence electrons. The molecule has 0 aliphatic carbocycles. The summed E-state index contributed by atoms with van der Waals surface area (Å²) in [4.78, 5) is 23.3. The van der Waals surface area contributed by atoms with Gasteiger partial charge >= 0.3 is 0 Å². The third kappa shape index (κ3) is 4.20. The first-order chi connectivity index (χ1) is 8.54. The highest BCUT2D eigenvalue weighted by Gasteiger charge is 2.08. The molecule has 2 N–H and O–H groups in total. The Bertz CT molecular complexity index is 410. The van der Waals surface area contributed by atoms with E-state index >= 15 is 0 Å². The van der Waals surface area contributed by atoms with Crippen LogP contribution < -0.4 is 10.6 Å². The molecule has 2 amide bonds. The van der Waals surface area contributed by atoms with Gasteiger partial charge in [-0.15, -0.1) is 0 Å². The van der Waals surface area contributed by atoms with E-state index in [4.69, 9.17) is 0 Å². The van der Waals surface area contributed by atoms with E-state index in [2.05, 4.69) is 10.6 Å². The highest BCUT2D eigenvalue weighted by Crippen LogP contribution is 2.05. The summed E-state index contributed by atoms with van der Waals surface area (Å²) in [6.07, 6.45) is 0.903. The van der Waals surface area contributed by atoms with Crippen molar-refractivity contribution in [3.05, 3.63) is 35.4 Å². The van der Waals surface area contributed by atoms with Crippen molar-refractivity contribution in [2.45, 2.75) is 33.2 Å². The largest absolute Gasteiger partial charge is 0.352 e. The van der Waals surface area contributed by atoms with Crippen LogP contribution in [0.2, 0.25) is 0 Å². The van der Waals surface area contributed by atoms with E-state index in [0.29, 0.717) is 17.7 Å². The molecule has 0 bridgehead atoms. The van der Waals surface area contributed by atoms with E-state index < -0.39 is 0 Å². The number of amides is 2. The van der Waals surface area contributed by atoms with Crippen molar-refractivity contribution in [2.75, 3.05) is 6.54 Å². The first-order valence-electron chi connectivity index (χ1n) is 6.23. The molecule has 0 radical (unpaired) electrons. The summed E-state index contributed by atoms with van der Waals surface area (Å²) in [6, 6.07) is 6.77. The molecule has 0 aliphatic heterocycles. The molecule has 0 aliphatic rings. The van der Waals surface area contributed by atoms with Crippen LogP contribution in [0, 0.1) is 0 Å². The number of rotatable bonds is 5. The van der Waals surface area contributed by atoms with E-state index in [1.807, 2.05) is 20.8 Å². The molecule has 18 heavy (non-hydrogen) atoms. The van der Waals surface area contributed by atoms with Crippen molar-refractivity contribution in [3.63, 3.8) is 0 Å². The number of carbonyl (C=O) groups excluding carboxylic acids is 2. The second-order valence-electron chi connectivity index (χ2n) is 4.46. The van der Waals surface area contributed by atoms with Gasteiger partial charge in [-0.25, -0.2) is 0 Å². The van der Waals surface area contributed by atoms with Gasteiger partial charge in [-0.3, -0.25) is 9.59 Å². The smallest absolute Gasteiger partial charge is 0.251 e. The lowest BCUT2D eigenvalue weighted by Crippen LogP contribution is -2.30. The van der Waals surface area contributed by atoms with Crippen molar-refractivity contribution in [1.29, 1.82) is 0 Å². The molecular weight excluding hydrogens is 228 g/mol. The van der Waals surface area contributed by atoms with Crippen molar-refractivity contribution in [1.82, 2.24) is 10.6 Å². The van der Waals surface area contributed by atoms with E-state index in [9.17, 15) is 9.59 Å². The Labute approximate surface area is 108 Å². The van der Waals surface area contributed by atoms with Crippen LogP contribution in [0.3, 0.4) is 0 Å². The Morgan fingerprint density at radius 3 is 2.00 bits per heavy atom. The molecule has 0 fully saturated rings. The molecule has 0 spiro atoms. The van der Waals surface area contributed by atoms with Crippen LogP contribution in [0.4, 0.5) is 0 Å². The monoisotopic (exact) mass is 248 g/mol. The Morgan fingerprint density at radius 2 is 1.56 bits per heavy atom. The maximum absolute atomic E-state index is 11.7. The Hall–Kier alpha value is -1.84. The van der Waals surface area contributed by atoms with Gasteiger partial charge in [-0.1, -0.05) is 6.92 Å². The minimum absolute atomic E-state index is 0.102. The second kappa shape index (κ2) is 6.79. The van der Waals surface area contributed by atoms with Crippen LogP contribution in [-0.2, 0) is 0 Å².